The minimum Gasteiger partial charge on any atom is -0.507 e. The predicted molar refractivity (Wildman–Crippen MR) is 127 cm³/mol. The number of benzene rings is 3. The van der Waals surface area contributed by atoms with Gasteiger partial charge in [-0.3, -0.25) is 19.3 Å². The number of amides is 1. The third-order valence-electron chi connectivity index (χ3n) is 5.57. The molecule has 9 heteroatoms. The number of aliphatic hydroxyl groups is 1. The highest BCUT2D eigenvalue weighted by Gasteiger charge is 2.47. The first-order valence-electron chi connectivity index (χ1n) is 10.7. The Morgan fingerprint density at radius 2 is 1.81 bits per heavy atom. The van der Waals surface area contributed by atoms with Gasteiger partial charge in [0.1, 0.15) is 23.1 Å². The Hall–Kier alpha value is -4.97. The van der Waals surface area contributed by atoms with Crippen molar-refractivity contribution in [2.45, 2.75) is 13.0 Å². The number of hydrogen-bond acceptors (Lipinski definition) is 7. The van der Waals surface area contributed by atoms with Gasteiger partial charge in [0.15, 0.2) is 0 Å². The van der Waals surface area contributed by atoms with Crippen molar-refractivity contribution in [2.75, 3.05) is 12.0 Å². The molecule has 1 fully saturated rings. The molecular weight excluding hydrogens is 467 g/mol. The molecular formula is C27H19FN2O6. The van der Waals surface area contributed by atoms with Crippen LogP contribution < -0.4 is 14.4 Å². The zero-order chi connectivity index (χ0) is 26.0. The van der Waals surface area contributed by atoms with Gasteiger partial charge in [-0.15, -0.1) is 0 Å². The maximum atomic E-state index is 14.1. The van der Waals surface area contributed by atoms with Crippen LogP contribution in [0, 0.1) is 17.1 Å². The van der Waals surface area contributed by atoms with E-state index in [1.165, 1.54) is 56.5 Å². The van der Waals surface area contributed by atoms with E-state index in [2.05, 4.69) is 0 Å². The number of esters is 1. The molecule has 1 atom stereocenters. The molecule has 1 aliphatic rings. The van der Waals surface area contributed by atoms with Crippen molar-refractivity contribution in [3.8, 4) is 17.6 Å². The van der Waals surface area contributed by atoms with Crippen LogP contribution in [0.2, 0.25) is 0 Å². The summed E-state index contributed by atoms with van der Waals surface area (Å²) < 4.78 is 24.5. The lowest BCUT2D eigenvalue weighted by Gasteiger charge is -2.26. The molecule has 3 aromatic rings. The van der Waals surface area contributed by atoms with E-state index in [1.54, 1.807) is 12.1 Å². The zero-order valence-corrected chi connectivity index (χ0v) is 19.2. The SMILES string of the molecule is COc1ccc(F)cc1/C(O)=C1\C(=O)C(=O)N(c2ccc(C#N)cc2)C1c1cccc(OC(C)=O)c1. The third-order valence-corrected chi connectivity index (χ3v) is 5.57. The van der Waals surface area contributed by atoms with E-state index in [0.717, 1.165) is 17.0 Å². The summed E-state index contributed by atoms with van der Waals surface area (Å²) in [5.41, 5.74) is 0.538. The Morgan fingerprint density at radius 1 is 1.08 bits per heavy atom. The molecule has 36 heavy (non-hydrogen) atoms. The van der Waals surface area contributed by atoms with Gasteiger partial charge in [-0.2, -0.15) is 5.26 Å². The molecule has 180 valence electrons. The van der Waals surface area contributed by atoms with Crippen molar-refractivity contribution in [3.05, 3.63) is 94.8 Å². The molecule has 0 aromatic heterocycles. The topological polar surface area (TPSA) is 117 Å². The predicted octanol–water partition coefficient (Wildman–Crippen LogP) is 4.26. The summed E-state index contributed by atoms with van der Waals surface area (Å²) in [5, 5.41) is 20.4. The van der Waals surface area contributed by atoms with Gasteiger partial charge < -0.3 is 14.6 Å². The van der Waals surface area contributed by atoms with Crippen molar-refractivity contribution in [3.63, 3.8) is 0 Å². The van der Waals surface area contributed by atoms with Gasteiger partial charge in [-0.05, 0) is 60.2 Å². The fraction of sp³-hybridized carbons (Fsp3) is 0.111. The van der Waals surface area contributed by atoms with E-state index >= 15 is 0 Å². The number of nitrogens with zero attached hydrogens (tertiary/aromatic N) is 2. The van der Waals surface area contributed by atoms with Crippen LogP contribution in [0.15, 0.2) is 72.3 Å². The second-order valence-electron chi connectivity index (χ2n) is 7.84. The molecule has 1 N–H and O–H groups in total. The summed E-state index contributed by atoms with van der Waals surface area (Å²) >= 11 is 0. The fourth-order valence-electron chi connectivity index (χ4n) is 4.04. The number of methoxy groups -OCH3 is 1. The average molecular weight is 486 g/mol. The first-order chi connectivity index (χ1) is 17.2. The van der Waals surface area contributed by atoms with Crippen LogP contribution in [-0.2, 0) is 14.4 Å². The lowest BCUT2D eigenvalue weighted by atomic mass is 9.94. The number of carbonyl (C=O) groups is 3. The second kappa shape index (κ2) is 9.72. The molecule has 0 saturated carbocycles. The van der Waals surface area contributed by atoms with E-state index in [9.17, 15) is 23.9 Å². The third kappa shape index (κ3) is 4.40. The molecule has 0 aliphatic carbocycles. The van der Waals surface area contributed by atoms with Gasteiger partial charge in [0.25, 0.3) is 11.7 Å². The van der Waals surface area contributed by atoms with Crippen molar-refractivity contribution >= 4 is 29.1 Å². The van der Waals surface area contributed by atoms with Crippen LogP contribution in [0.4, 0.5) is 10.1 Å². The average Bonchev–Trinajstić information content (AvgIpc) is 3.13. The molecule has 1 aliphatic heterocycles. The number of aliphatic hydroxyl groups excluding tert-OH is 1. The molecule has 4 rings (SSSR count). The molecule has 0 radical (unpaired) electrons. The highest BCUT2D eigenvalue weighted by atomic mass is 19.1. The van der Waals surface area contributed by atoms with E-state index in [-0.39, 0.29) is 28.3 Å². The molecule has 1 unspecified atom stereocenters. The van der Waals surface area contributed by atoms with Gasteiger partial charge in [0.2, 0.25) is 0 Å². The van der Waals surface area contributed by atoms with Crippen LogP contribution in [-0.4, -0.2) is 29.9 Å². The number of anilines is 1. The largest absolute Gasteiger partial charge is 0.507 e. The van der Waals surface area contributed by atoms with E-state index in [4.69, 9.17) is 14.7 Å². The zero-order valence-electron chi connectivity index (χ0n) is 19.2. The van der Waals surface area contributed by atoms with E-state index in [1.807, 2.05) is 6.07 Å². The van der Waals surface area contributed by atoms with Crippen molar-refractivity contribution < 1.29 is 33.4 Å². The molecule has 1 heterocycles. The highest BCUT2D eigenvalue weighted by Crippen LogP contribution is 2.44. The number of Topliss-reactive ketones (excluding diaryl/α,β-unsaturated/α-hetero) is 1. The van der Waals surface area contributed by atoms with Crippen LogP contribution >= 0.6 is 0 Å². The number of nitriles is 1. The van der Waals surface area contributed by atoms with Gasteiger partial charge in [-0.25, -0.2) is 4.39 Å². The van der Waals surface area contributed by atoms with Crippen molar-refractivity contribution in [1.29, 1.82) is 5.26 Å². The first-order valence-corrected chi connectivity index (χ1v) is 10.7. The van der Waals surface area contributed by atoms with Crippen molar-refractivity contribution in [1.82, 2.24) is 0 Å². The lowest BCUT2D eigenvalue weighted by molar-refractivity contribution is -0.132. The van der Waals surface area contributed by atoms with E-state index in [0.29, 0.717) is 11.1 Å². The number of ketones is 1. The lowest BCUT2D eigenvalue weighted by Crippen LogP contribution is -2.29. The minimum absolute atomic E-state index is 0.0888. The Bertz CT molecular complexity index is 1460. The van der Waals surface area contributed by atoms with Crippen LogP contribution in [0.1, 0.15) is 29.7 Å². The number of rotatable bonds is 5. The first kappa shape index (κ1) is 24.2. The van der Waals surface area contributed by atoms with Crippen LogP contribution in [0.25, 0.3) is 5.76 Å². The number of ether oxygens (including phenoxy) is 2. The molecule has 1 amide bonds. The quantitative estimate of drug-likeness (QED) is 0.188. The van der Waals surface area contributed by atoms with Gasteiger partial charge in [-0.1, -0.05) is 12.1 Å². The molecule has 8 nitrogen and oxygen atoms in total. The fourth-order valence-corrected chi connectivity index (χ4v) is 4.04. The summed E-state index contributed by atoms with van der Waals surface area (Å²) in [6.45, 7) is 1.23. The Kier molecular flexibility index (Phi) is 6.52. The highest BCUT2D eigenvalue weighted by molar-refractivity contribution is 6.51. The summed E-state index contributed by atoms with van der Waals surface area (Å²) in [6, 6.07) is 16.3. The minimum atomic E-state index is -1.17. The summed E-state index contributed by atoms with van der Waals surface area (Å²) in [6.07, 6.45) is 0. The maximum absolute atomic E-state index is 14.1. The molecule has 0 bridgehead atoms. The van der Waals surface area contributed by atoms with E-state index < -0.39 is 35.3 Å². The summed E-state index contributed by atoms with van der Waals surface area (Å²) in [4.78, 5) is 39.2. The van der Waals surface area contributed by atoms with Crippen LogP contribution in [0.5, 0.6) is 11.5 Å². The summed E-state index contributed by atoms with van der Waals surface area (Å²) in [5.74, 6) is -3.60. The normalized spacial score (nSPS) is 16.5. The van der Waals surface area contributed by atoms with Gasteiger partial charge in [0, 0.05) is 12.6 Å². The Balaban J connectivity index is 1.98. The van der Waals surface area contributed by atoms with Gasteiger partial charge in [0.05, 0.1) is 35.9 Å². The van der Waals surface area contributed by atoms with Gasteiger partial charge >= 0.3 is 5.97 Å². The Morgan fingerprint density at radius 3 is 2.44 bits per heavy atom. The van der Waals surface area contributed by atoms with Crippen LogP contribution in [0.3, 0.4) is 0 Å². The molecule has 1 saturated heterocycles. The monoisotopic (exact) mass is 486 g/mol. The smallest absolute Gasteiger partial charge is 0.308 e. The second-order valence-corrected chi connectivity index (χ2v) is 7.84. The van der Waals surface area contributed by atoms with Crippen molar-refractivity contribution in [2.24, 2.45) is 0 Å². The number of carbonyl (C=O) groups excluding carboxylic acids is 3. The number of hydrogen-bond donors (Lipinski definition) is 1. The maximum Gasteiger partial charge on any atom is 0.308 e. The Labute approximate surface area is 205 Å². The molecule has 3 aromatic carbocycles. The molecule has 0 spiro atoms. The standard InChI is InChI=1S/C27H19FN2O6/c1-15(31)36-20-5-3-4-17(12-20)24-23(25(32)21-13-18(28)8-11-22(21)35-2)26(33)27(34)30(24)19-9-6-16(14-29)7-10-19/h3-13,24,32H,1-2H3/b25-23+. The number of halogens is 1. The summed E-state index contributed by atoms with van der Waals surface area (Å²) in [7, 11) is 1.32.